The molecule has 0 aliphatic carbocycles. The van der Waals surface area contributed by atoms with E-state index in [4.69, 9.17) is 9.84 Å². The number of carbonyl (C=O) groups is 2. The van der Waals surface area contributed by atoms with Crippen molar-refractivity contribution >= 4 is 34.5 Å². The summed E-state index contributed by atoms with van der Waals surface area (Å²) in [7, 11) is 0. The molecule has 1 unspecified atom stereocenters. The highest BCUT2D eigenvalue weighted by atomic mass is 127. The Morgan fingerprint density at radius 2 is 2.25 bits per heavy atom. The predicted molar refractivity (Wildman–Crippen MR) is 83.8 cm³/mol. The van der Waals surface area contributed by atoms with Gasteiger partial charge in [0, 0.05) is 3.57 Å². The zero-order chi connectivity index (χ0) is 15.1. The van der Waals surface area contributed by atoms with Crippen molar-refractivity contribution in [3.8, 4) is 0 Å². The molecule has 0 aliphatic rings. The van der Waals surface area contributed by atoms with Crippen LogP contribution in [0.15, 0.2) is 30.9 Å². The number of hydrogen-bond donors (Lipinski definition) is 2. The van der Waals surface area contributed by atoms with Gasteiger partial charge in [-0.25, -0.2) is 4.79 Å². The van der Waals surface area contributed by atoms with Crippen LogP contribution in [0.4, 0.5) is 0 Å². The summed E-state index contributed by atoms with van der Waals surface area (Å²) in [6.07, 6.45) is 1.52. The maximum absolute atomic E-state index is 12.1. The first kappa shape index (κ1) is 16.6. The van der Waals surface area contributed by atoms with Crippen LogP contribution < -0.4 is 5.32 Å². The molecule has 0 aromatic heterocycles. The highest BCUT2D eigenvalue weighted by molar-refractivity contribution is 14.1. The topological polar surface area (TPSA) is 75.6 Å². The molecular weight excluding hydrogens is 373 g/mol. The van der Waals surface area contributed by atoms with E-state index < -0.39 is 17.9 Å². The number of halogens is 1. The summed E-state index contributed by atoms with van der Waals surface area (Å²) in [4.78, 5) is 23.2. The summed E-state index contributed by atoms with van der Waals surface area (Å²) in [6.45, 7) is 5.50. The standard InChI is InChI=1S/C14H16INO4/c1-3-7-20-8-11(14(18)19)16-13(17)10-6-4-5-9(2)12(10)15/h3-6,11H,1,7-8H2,2H3,(H,16,17)(H,18,19). The number of ether oxygens (including phenoxy) is 1. The van der Waals surface area contributed by atoms with Crippen LogP contribution in [0.3, 0.4) is 0 Å². The molecule has 1 atom stereocenters. The summed E-state index contributed by atoms with van der Waals surface area (Å²) >= 11 is 2.07. The smallest absolute Gasteiger partial charge is 0.328 e. The molecule has 0 bridgehead atoms. The normalized spacial score (nSPS) is 11.7. The van der Waals surface area contributed by atoms with Crippen molar-refractivity contribution in [3.05, 3.63) is 45.6 Å². The second kappa shape index (κ2) is 8.01. The first-order valence-corrected chi connectivity index (χ1v) is 7.02. The number of aryl methyl sites for hydroxylation is 1. The summed E-state index contributed by atoms with van der Waals surface area (Å²) in [5.74, 6) is -1.56. The molecule has 1 rings (SSSR count). The average Bonchev–Trinajstić information content (AvgIpc) is 2.40. The van der Waals surface area contributed by atoms with Crippen LogP contribution in [0.5, 0.6) is 0 Å². The lowest BCUT2D eigenvalue weighted by atomic mass is 10.1. The van der Waals surface area contributed by atoms with Crippen molar-refractivity contribution in [2.75, 3.05) is 13.2 Å². The number of carbonyl (C=O) groups excluding carboxylic acids is 1. The molecule has 6 heteroatoms. The highest BCUT2D eigenvalue weighted by Gasteiger charge is 2.22. The fourth-order valence-electron chi connectivity index (χ4n) is 1.50. The summed E-state index contributed by atoms with van der Waals surface area (Å²) < 4.78 is 5.89. The molecule has 20 heavy (non-hydrogen) atoms. The van der Waals surface area contributed by atoms with E-state index in [0.29, 0.717) is 5.56 Å². The van der Waals surface area contributed by atoms with Crippen molar-refractivity contribution < 1.29 is 19.4 Å². The quantitative estimate of drug-likeness (QED) is 0.425. The monoisotopic (exact) mass is 389 g/mol. The highest BCUT2D eigenvalue weighted by Crippen LogP contribution is 2.16. The van der Waals surface area contributed by atoms with Gasteiger partial charge in [-0.15, -0.1) is 6.58 Å². The Labute approximate surface area is 131 Å². The molecule has 1 aromatic rings. The molecule has 1 amide bonds. The number of hydrogen-bond acceptors (Lipinski definition) is 3. The third-order valence-electron chi connectivity index (χ3n) is 2.56. The Kier molecular flexibility index (Phi) is 6.66. The fourth-order valence-corrected chi connectivity index (χ4v) is 2.11. The average molecular weight is 389 g/mol. The predicted octanol–water partition coefficient (Wildman–Crippen LogP) is 1.99. The number of nitrogens with one attached hydrogen (secondary N) is 1. The van der Waals surface area contributed by atoms with Gasteiger partial charge in [-0.2, -0.15) is 0 Å². The molecule has 0 saturated heterocycles. The van der Waals surface area contributed by atoms with Crippen LogP contribution >= 0.6 is 22.6 Å². The summed E-state index contributed by atoms with van der Waals surface area (Å²) in [6, 6.07) is 4.23. The maximum Gasteiger partial charge on any atom is 0.328 e. The lowest BCUT2D eigenvalue weighted by molar-refractivity contribution is -0.140. The van der Waals surface area contributed by atoms with Crippen molar-refractivity contribution in [2.24, 2.45) is 0 Å². The van der Waals surface area contributed by atoms with Gasteiger partial charge in [0.2, 0.25) is 0 Å². The van der Waals surface area contributed by atoms with E-state index in [1.54, 1.807) is 12.1 Å². The van der Waals surface area contributed by atoms with Crippen LogP contribution in [0, 0.1) is 10.5 Å². The lowest BCUT2D eigenvalue weighted by Gasteiger charge is -2.15. The van der Waals surface area contributed by atoms with Gasteiger partial charge in [-0.05, 0) is 41.1 Å². The number of amides is 1. The number of aliphatic carboxylic acids is 1. The molecule has 0 saturated carbocycles. The third-order valence-corrected chi connectivity index (χ3v) is 3.99. The van der Waals surface area contributed by atoms with Crippen molar-refractivity contribution in [3.63, 3.8) is 0 Å². The van der Waals surface area contributed by atoms with Crippen LogP contribution in [0.25, 0.3) is 0 Å². The van der Waals surface area contributed by atoms with Gasteiger partial charge < -0.3 is 15.2 Å². The molecule has 2 N–H and O–H groups in total. The number of rotatable bonds is 7. The number of carboxylic acids is 1. The van der Waals surface area contributed by atoms with Gasteiger partial charge in [-0.1, -0.05) is 18.2 Å². The maximum atomic E-state index is 12.1. The molecular formula is C14H16INO4. The van der Waals surface area contributed by atoms with E-state index in [0.717, 1.165) is 9.13 Å². The summed E-state index contributed by atoms with van der Waals surface area (Å²) in [5.41, 5.74) is 1.42. The van der Waals surface area contributed by atoms with Crippen LogP contribution in [-0.2, 0) is 9.53 Å². The Hall–Kier alpha value is -1.41. The Bertz CT molecular complexity index is 516. The van der Waals surface area contributed by atoms with Gasteiger partial charge >= 0.3 is 5.97 Å². The van der Waals surface area contributed by atoms with E-state index in [9.17, 15) is 9.59 Å². The minimum atomic E-state index is -1.13. The second-order valence-electron chi connectivity index (χ2n) is 4.13. The molecule has 108 valence electrons. The molecule has 5 nitrogen and oxygen atoms in total. The van der Waals surface area contributed by atoms with Crippen LogP contribution in [0.2, 0.25) is 0 Å². The van der Waals surface area contributed by atoms with E-state index in [1.165, 1.54) is 6.08 Å². The number of benzene rings is 1. The van der Waals surface area contributed by atoms with Gasteiger partial charge in [-0.3, -0.25) is 4.79 Å². The van der Waals surface area contributed by atoms with Crippen molar-refractivity contribution in [1.82, 2.24) is 5.32 Å². The van der Waals surface area contributed by atoms with Crippen LogP contribution in [-0.4, -0.2) is 36.2 Å². The van der Waals surface area contributed by atoms with Gasteiger partial charge in [0.25, 0.3) is 5.91 Å². The first-order chi connectivity index (χ1) is 9.47. The molecule has 0 radical (unpaired) electrons. The summed E-state index contributed by atoms with van der Waals surface area (Å²) in [5, 5.41) is 11.5. The van der Waals surface area contributed by atoms with Gasteiger partial charge in [0.05, 0.1) is 18.8 Å². The SMILES string of the molecule is C=CCOCC(NC(=O)c1cccc(C)c1I)C(=O)O. The molecule has 0 fully saturated rings. The molecule has 0 spiro atoms. The minimum Gasteiger partial charge on any atom is -0.480 e. The minimum absolute atomic E-state index is 0.102. The first-order valence-electron chi connectivity index (χ1n) is 5.94. The van der Waals surface area contributed by atoms with E-state index in [1.807, 2.05) is 13.0 Å². The third kappa shape index (κ3) is 4.61. The number of carboxylic acid groups (broad SMARTS) is 1. The Balaban J connectivity index is 2.77. The molecule has 0 aliphatic heterocycles. The van der Waals surface area contributed by atoms with E-state index in [-0.39, 0.29) is 13.2 Å². The van der Waals surface area contributed by atoms with E-state index in [2.05, 4.69) is 34.5 Å². The Morgan fingerprint density at radius 1 is 1.55 bits per heavy atom. The van der Waals surface area contributed by atoms with Gasteiger partial charge in [0.1, 0.15) is 0 Å². The van der Waals surface area contributed by atoms with Crippen molar-refractivity contribution in [1.29, 1.82) is 0 Å². The van der Waals surface area contributed by atoms with Crippen molar-refractivity contribution in [2.45, 2.75) is 13.0 Å². The zero-order valence-electron chi connectivity index (χ0n) is 11.1. The molecule has 1 aromatic carbocycles. The zero-order valence-corrected chi connectivity index (χ0v) is 13.2. The Morgan fingerprint density at radius 3 is 2.85 bits per heavy atom. The molecule has 0 heterocycles. The fraction of sp³-hybridized carbons (Fsp3) is 0.286. The van der Waals surface area contributed by atoms with Crippen LogP contribution in [0.1, 0.15) is 15.9 Å². The van der Waals surface area contributed by atoms with Gasteiger partial charge in [0.15, 0.2) is 6.04 Å². The largest absolute Gasteiger partial charge is 0.480 e. The lowest BCUT2D eigenvalue weighted by Crippen LogP contribution is -2.44. The van der Waals surface area contributed by atoms with E-state index >= 15 is 0 Å². The second-order valence-corrected chi connectivity index (χ2v) is 5.21.